The molecule has 0 unspecified atom stereocenters. The van der Waals surface area contributed by atoms with Crippen molar-refractivity contribution in [1.29, 1.82) is 0 Å². The van der Waals surface area contributed by atoms with Gasteiger partial charge in [-0.05, 0) is 56.5 Å². The van der Waals surface area contributed by atoms with Crippen LogP contribution in [0.3, 0.4) is 0 Å². The quantitative estimate of drug-likeness (QED) is 0.330. The third-order valence-electron chi connectivity index (χ3n) is 6.61. The summed E-state index contributed by atoms with van der Waals surface area (Å²) in [4.78, 5) is 31.2. The van der Waals surface area contributed by atoms with E-state index in [9.17, 15) is 4.79 Å². The van der Waals surface area contributed by atoms with E-state index in [4.69, 9.17) is 27.9 Å². The third-order valence-corrected chi connectivity index (χ3v) is 7.65. The molecule has 2 aliphatic rings. The van der Waals surface area contributed by atoms with Gasteiger partial charge in [0.25, 0.3) is 0 Å². The maximum absolute atomic E-state index is 13.2. The average molecular weight is 518 g/mol. The van der Waals surface area contributed by atoms with Crippen LogP contribution >= 0.6 is 22.9 Å². The fourth-order valence-electron chi connectivity index (χ4n) is 4.81. The first-order chi connectivity index (χ1) is 16.9. The van der Waals surface area contributed by atoms with E-state index in [1.807, 2.05) is 34.5 Å². The number of amides is 1. The summed E-state index contributed by atoms with van der Waals surface area (Å²) in [5.74, 6) is 0.632. The summed E-state index contributed by atoms with van der Waals surface area (Å²) in [6.45, 7) is 3.99. The highest BCUT2D eigenvalue weighted by atomic mass is 35.5. The fourth-order valence-corrected chi connectivity index (χ4v) is 5.63. The predicted molar refractivity (Wildman–Crippen MR) is 140 cm³/mol. The Morgan fingerprint density at radius 1 is 1.11 bits per heavy atom. The number of nitrogens with two attached hydrogens (primary N) is 2. The topological polar surface area (TPSA) is 122 Å². The average Bonchev–Trinajstić information content (AvgIpc) is 3.29. The number of hydrogen-bond acceptors (Lipinski definition) is 7. The predicted octanol–water partition coefficient (Wildman–Crippen LogP) is 3.20. The largest absolute Gasteiger partial charge is 0.399 e. The van der Waals surface area contributed by atoms with E-state index >= 15 is 0 Å². The van der Waals surface area contributed by atoms with E-state index in [0.29, 0.717) is 10.2 Å². The molecule has 0 radical (unpaired) electrons. The molecule has 4 rings (SSSR count). The van der Waals surface area contributed by atoms with Gasteiger partial charge >= 0.3 is 0 Å². The number of thiazole rings is 1. The highest BCUT2D eigenvalue weighted by Gasteiger charge is 2.32. The monoisotopic (exact) mass is 517 g/mol. The van der Waals surface area contributed by atoms with Crippen molar-refractivity contribution in [3.05, 3.63) is 45.9 Å². The molecule has 1 amide bonds. The number of guanidine groups is 1. The highest BCUT2D eigenvalue weighted by molar-refractivity contribution is 7.13. The van der Waals surface area contributed by atoms with Crippen molar-refractivity contribution in [1.82, 2.24) is 14.8 Å². The Kier molecular flexibility index (Phi) is 8.59. The van der Waals surface area contributed by atoms with Gasteiger partial charge in [0.1, 0.15) is 7.11 Å². The van der Waals surface area contributed by atoms with Crippen LogP contribution < -0.4 is 11.5 Å². The molecule has 11 heteroatoms. The number of aromatic nitrogens is 1. The zero-order valence-electron chi connectivity index (χ0n) is 19.9. The first-order valence-corrected chi connectivity index (χ1v) is 13.1. The molecule has 0 bridgehead atoms. The van der Waals surface area contributed by atoms with Crippen molar-refractivity contribution in [2.75, 3.05) is 33.3 Å². The van der Waals surface area contributed by atoms with Crippen molar-refractivity contribution in [2.45, 2.75) is 32.2 Å². The molecule has 2 aliphatic heterocycles. The molecule has 2 fully saturated rings. The van der Waals surface area contributed by atoms with Crippen molar-refractivity contribution >= 4 is 45.6 Å². The van der Waals surface area contributed by atoms with Crippen LogP contribution in [0.1, 0.15) is 36.9 Å². The third kappa shape index (κ3) is 6.71. The van der Waals surface area contributed by atoms with Crippen LogP contribution in [-0.4, -0.2) is 65.7 Å². The fraction of sp³-hybridized carbons (Fsp3) is 0.500. The summed E-state index contributed by atoms with van der Waals surface area (Å²) in [5.41, 5.74) is 13.7. The van der Waals surface area contributed by atoms with Crippen LogP contribution in [0.15, 0.2) is 39.8 Å². The van der Waals surface area contributed by atoms with Crippen LogP contribution in [0.25, 0.3) is 0 Å². The number of carbonyl (C=O) groups is 1. The lowest BCUT2D eigenvalue weighted by Gasteiger charge is -2.37. The van der Waals surface area contributed by atoms with Gasteiger partial charge in [-0.1, -0.05) is 28.9 Å². The van der Waals surface area contributed by atoms with Gasteiger partial charge in [0.2, 0.25) is 11.0 Å². The van der Waals surface area contributed by atoms with Crippen LogP contribution in [-0.2, 0) is 16.2 Å². The lowest BCUT2D eigenvalue weighted by Crippen LogP contribution is -2.46. The second-order valence-electron chi connectivity index (χ2n) is 8.97. The van der Waals surface area contributed by atoms with E-state index < -0.39 is 0 Å². The second-order valence-corrected chi connectivity index (χ2v) is 10.2. The van der Waals surface area contributed by atoms with Gasteiger partial charge in [0, 0.05) is 41.9 Å². The highest BCUT2D eigenvalue weighted by Crippen LogP contribution is 2.28. The van der Waals surface area contributed by atoms with Crippen molar-refractivity contribution in [3.63, 3.8) is 0 Å². The number of halogens is 1. The summed E-state index contributed by atoms with van der Waals surface area (Å²) < 4.78 is 0. The standard InChI is InChI=1S/C24H32ClN7O2S/c1-34-30-21(16-2-4-19(25)5-3-16)17-8-12-32(13-9-17)22(33)18-6-10-31(11-7-18)14-20-15-35-24(28-20)29-23(26)27/h2-5,15,17-18H,6-14H2,1H3,(H4,26,27,28,29). The van der Waals surface area contributed by atoms with Crippen molar-refractivity contribution in [3.8, 4) is 0 Å². The van der Waals surface area contributed by atoms with Gasteiger partial charge in [0.15, 0.2) is 5.96 Å². The Morgan fingerprint density at radius 2 is 1.77 bits per heavy atom. The SMILES string of the molecule is CON=C(c1ccc(Cl)cc1)C1CCN(C(=O)C2CCN(Cc3csc(N=C(N)N)n3)CC2)CC1. The molecule has 0 spiro atoms. The molecular formula is C24H32ClN7O2S. The Hall–Kier alpha value is -2.69. The Morgan fingerprint density at radius 3 is 2.40 bits per heavy atom. The van der Waals surface area contributed by atoms with E-state index in [0.717, 1.165) is 75.4 Å². The molecule has 1 aromatic heterocycles. The minimum absolute atomic E-state index is 0.0152. The lowest BCUT2D eigenvalue weighted by molar-refractivity contribution is -0.138. The molecule has 35 heavy (non-hydrogen) atoms. The molecule has 188 valence electrons. The van der Waals surface area contributed by atoms with E-state index in [-0.39, 0.29) is 23.7 Å². The lowest BCUT2D eigenvalue weighted by atomic mass is 9.87. The summed E-state index contributed by atoms with van der Waals surface area (Å²) in [5, 5.41) is 7.55. The molecule has 9 nitrogen and oxygen atoms in total. The van der Waals surface area contributed by atoms with E-state index in [1.54, 1.807) is 7.11 Å². The number of oxime groups is 1. The molecule has 0 saturated carbocycles. The number of benzene rings is 1. The zero-order chi connectivity index (χ0) is 24.8. The van der Waals surface area contributed by atoms with Crippen molar-refractivity contribution in [2.24, 2.45) is 33.5 Å². The molecule has 2 aromatic rings. The summed E-state index contributed by atoms with van der Waals surface area (Å²) >= 11 is 7.47. The zero-order valence-corrected chi connectivity index (χ0v) is 21.5. The van der Waals surface area contributed by atoms with Gasteiger partial charge in [-0.2, -0.15) is 4.99 Å². The Bertz CT molecular complexity index is 1050. The maximum Gasteiger partial charge on any atom is 0.225 e. The molecular weight excluding hydrogens is 486 g/mol. The molecule has 3 heterocycles. The van der Waals surface area contributed by atoms with E-state index in [2.05, 4.69) is 20.0 Å². The molecule has 0 atom stereocenters. The van der Waals surface area contributed by atoms with Crippen LogP contribution in [0, 0.1) is 11.8 Å². The number of nitrogens with zero attached hydrogens (tertiary/aromatic N) is 5. The molecule has 2 saturated heterocycles. The first kappa shape index (κ1) is 25.4. The smallest absolute Gasteiger partial charge is 0.225 e. The number of aliphatic imine (C=N–C) groups is 1. The molecule has 4 N–H and O–H groups in total. The van der Waals surface area contributed by atoms with Crippen LogP contribution in [0.4, 0.5) is 5.13 Å². The minimum Gasteiger partial charge on any atom is -0.399 e. The Labute approximate surface area is 214 Å². The maximum atomic E-state index is 13.2. The van der Waals surface area contributed by atoms with Gasteiger partial charge < -0.3 is 21.2 Å². The minimum atomic E-state index is 0.0152. The number of likely N-dealkylation sites (tertiary alicyclic amines) is 2. The number of carbonyl (C=O) groups excluding carboxylic acids is 1. The van der Waals surface area contributed by atoms with Crippen molar-refractivity contribution < 1.29 is 9.63 Å². The Balaban J connectivity index is 1.26. The number of rotatable bonds is 7. The van der Waals surface area contributed by atoms with Gasteiger partial charge in [-0.15, -0.1) is 11.3 Å². The molecule has 1 aromatic carbocycles. The van der Waals surface area contributed by atoms with Crippen LogP contribution in [0.2, 0.25) is 5.02 Å². The summed E-state index contributed by atoms with van der Waals surface area (Å²) in [6.07, 6.45) is 3.48. The van der Waals surface area contributed by atoms with E-state index in [1.165, 1.54) is 11.3 Å². The van der Waals surface area contributed by atoms with Gasteiger partial charge in [-0.25, -0.2) is 4.98 Å². The van der Waals surface area contributed by atoms with Gasteiger partial charge in [-0.3, -0.25) is 9.69 Å². The van der Waals surface area contributed by atoms with Crippen LogP contribution in [0.5, 0.6) is 0 Å². The molecule has 0 aliphatic carbocycles. The normalized spacial score (nSPS) is 18.5. The van der Waals surface area contributed by atoms with Gasteiger partial charge in [0.05, 0.1) is 11.4 Å². The summed E-state index contributed by atoms with van der Waals surface area (Å²) in [7, 11) is 1.57. The number of hydrogen-bond donors (Lipinski definition) is 2. The first-order valence-electron chi connectivity index (χ1n) is 11.8. The summed E-state index contributed by atoms with van der Waals surface area (Å²) in [6, 6.07) is 7.67. The number of piperidine rings is 2. The second kappa shape index (κ2) is 11.8.